The van der Waals surface area contributed by atoms with Gasteiger partial charge in [-0.05, 0) is 24.6 Å². The molecule has 0 unspecified atom stereocenters. The van der Waals surface area contributed by atoms with Gasteiger partial charge in [0.25, 0.3) is 0 Å². The molecule has 2 amide bonds. The van der Waals surface area contributed by atoms with Gasteiger partial charge in [-0.2, -0.15) is 5.10 Å². The lowest BCUT2D eigenvalue weighted by atomic mass is 10.2. The number of anilines is 2. The van der Waals surface area contributed by atoms with Crippen LogP contribution in [0.1, 0.15) is 11.3 Å². The summed E-state index contributed by atoms with van der Waals surface area (Å²) in [5, 5.41) is 12.2. The zero-order valence-electron chi connectivity index (χ0n) is 11.9. The number of rotatable bonds is 4. The summed E-state index contributed by atoms with van der Waals surface area (Å²) in [5.74, 6) is 0. The molecule has 106 valence electrons. The van der Waals surface area contributed by atoms with E-state index in [2.05, 4.69) is 20.8 Å². The topological polar surface area (TPSA) is 73.0 Å². The summed E-state index contributed by atoms with van der Waals surface area (Å²) in [5.41, 5.74) is 3.70. The summed E-state index contributed by atoms with van der Waals surface area (Å²) in [7, 11) is 3.99. The molecule has 0 saturated heterocycles. The average Bonchev–Trinajstić information content (AvgIpc) is 2.82. The van der Waals surface area contributed by atoms with E-state index in [0.717, 1.165) is 16.9 Å². The smallest absolute Gasteiger partial charge is 0.319 e. The molecule has 2 rings (SSSR count). The van der Waals surface area contributed by atoms with E-state index in [9.17, 15) is 4.79 Å². The molecule has 0 fully saturated rings. The number of nitrogens with zero attached hydrogens (tertiary/aromatic N) is 2. The molecule has 3 N–H and O–H groups in total. The number of amides is 2. The van der Waals surface area contributed by atoms with Gasteiger partial charge in [0.2, 0.25) is 0 Å². The van der Waals surface area contributed by atoms with Crippen molar-refractivity contribution in [2.75, 3.05) is 24.3 Å². The first-order valence-electron chi connectivity index (χ1n) is 6.37. The minimum absolute atomic E-state index is 0.244. The summed E-state index contributed by atoms with van der Waals surface area (Å²) >= 11 is 0. The second-order valence-electron chi connectivity index (χ2n) is 4.78. The van der Waals surface area contributed by atoms with Crippen LogP contribution in [-0.2, 0) is 6.54 Å². The molecule has 2 aromatic rings. The highest BCUT2D eigenvalue weighted by Gasteiger charge is 2.05. The first kappa shape index (κ1) is 13.9. The van der Waals surface area contributed by atoms with Crippen LogP contribution in [0.2, 0.25) is 0 Å². The van der Waals surface area contributed by atoms with Gasteiger partial charge in [0.15, 0.2) is 0 Å². The number of carbonyl (C=O) groups excluding carboxylic acids is 1. The van der Waals surface area contributed by atoms with Crippen molar-refractivity contribution >= 4 is 17.4 Å². The largest absolute Gasteiger partial charge is 0.378 e. The van der Waals surface area contributed by atoms with Crippen LogP contribution in [0.25, 0.3) is 0 Å². The summed E-state index contributed by atoms with van der Waals surface area (Å²) < 4.78 is 0. The molecular weight excluding hydrogens is 254 g/mol. The number of benzene rings is 1. The Morgan fingerprint density at radius 1 is 1.30 bits per heavy atom. The second kappa shape index (κ2) is 6.10. The first-order valence-corrected chi connectivity index (χ1v) is 6.37. The molecule has 6 nitrogen and oxygen atoms in total. The maximum absolute atomic E-state index is 11.7. The van der Waals surface area contributed by atoms with E-state index in [4.69, 9.17) is 0 Å². The van der Waals surface area contributed by atoms with Crippen molar-refractivity contribution in [3.05, 3.63) is 41.7 Å². The summed E-state index contributed by atoms with van der Waals surface area (Å²) in [6.45, 7) is 2.33. The molecule has 0 bridgehead atoms. The molecule has 6 heteroatoms. The van der Waals surface area contributed by atoms with Gasteiger partial charge in [0.1, 0.15) is 0 Å². The maximum atomic E-state index is 11.7. The quantitative estimate of drug-likeness (QED) is 0.798. The summed E-state index contributed by atoms with van der Waals surface area (Å²) in [6, 6.07) is 7.80. The molecule has 0 aliphatic rings. The summed E-state index contributed by atoms with van der Waals surface area (Å²) in [4.78, 5) is 13.8. The average molecular weight is 273 g/mol. The Balaban J connectivity index is 1.85. The van der Waals surface area contributed by atoms with Crippen LogP contribution in [0, 0.1) is 6.92 Å². The molecule has 1 aromatic heterocycles. The van der Waals surface area contributed by atoms with Crippen molar-refractivity contribution in [2.24, 2.45) is 0 Å². The van der Waals surface area contributed by atoms with Crippen molar-refractivity contribution in [1.29, 1.82) is 0 Å². The standard InChI is InChI=1S/C14H19N5O/c1-10-13(9-16-18-10)17-14(20)15-8-11-4-6-12(7-5-11)19(2)3/h4-7,9H,8H2,1-3H3,(H,16,18)(H2,15,17,20). The molecular formula is C14H19N5O. The Morgan fingerprint density at radius 2 is 2.00 bits per heavy atom. The van der Waals surface area contributed by atoms with Gasteiger partial charge < -0.3 is 15.5 Å². The van der Waals surface area contributed by atoms with E-state index in [1.807, 2.05) is 50.2 Å². The van der Waals surface area contributed by atoms with Crippen LogP contribution < -0.4 is 15.5 Å². The lowest BCUT2D eigenvalue weighted by Gasteiger charge is -2.13. The van der Waals surface area contributed by atoms with E-state index >= 15 is 0 Å². The van der Waals surface area contributed by atoms with Crippen LogP contribution in [0.3, 0.4) is 0 Å². The fraction of sp³-hybridized carbons (Fsp3) is 0.286. The normalized spacial score (nSPS) is 10.2. The lowest BCUT2D eigenvalue weighted by molar-refractivity contribution is 0.251. The third-order valence-corrected chi connectivity index (χ3v) is 2.98. The number of hydrogen-bond acceptors (Lipinski definition) is 3. The Hall–Kier alpha value is -2.50. The number of nitrogens with one attached hydrogen (secondary N) is 3. The minimum atomic E-state index is -0.244. The van der Waals surface area contributed by atoms with E-state index < -0.39 is 0 Å². The number of hydrogen-bond donors (Lipinski definition) is 3. The second-order valence-corrected chi connectivity index (χ2v) is 4.78. The number of carbonyl (C=O) groups is 1. The number of aryl methyl sites for hydroxylation is 1. The highest BCUT2D eigenvalue weighted by molar-refractivity contribution is 5.89. The van der Waals surface area contributed by atoms with Gasteiger partial charge in [-0.3, -0.25) is 5.10 Å². The molecule has 0 saturated carbocycles. The number of aromatic nitrogens is 2. The van der Waals surface area contributed by atoms with Crippen LogP contribution in [0.4, 0.5) is 16.2 Å². The third-order valence-electron chi connectivity index (χ3n) is 2.98. The molecule has 0 radical (unpaired) electrons. The van der Waals surface area contributed by atoms with E-state index in [-0.39, 0.29) is 6.03 Å². The van der Waals surface area contributed by atoms with Crippen LogP contribution in [-0.4, -0.2) is 30.3 Å². The van der Waals surface area contributed by atoms with Crippen molar-refractivity contribution in [2.45, 2.75) is 13.5 Å². The van der Waals surface area contributed by atoms with Crippen molar-refractivity contribution in [3.63, 3.8) is 0 Å². The predicted molar refractivity (Wildman–Crippen MR) is 80.0 cm³/mol. The fourth-order valence-corrected chi connectivity index (χ4v) is 1.74. The molecule has 0 aliphatic carbocycles. The molecule has 1 aromatic carbocycles. The molecule has 0 atom stereocenters. The van der Waals surface area contributed by atoms with E-state index in [1.165, 1.54) is 0 Å². The number of H-pyrrole nitrogens is 1. The zero-order valence-corrected chi connectivity index (χ0v) is 11.9. The zero-order chi connectivity index (χ0) is 14.5. The Labute approximate surface area is 118 Å². The maximum Gasteiger partial charge on any atom is 0.319 e. The van der Waals surface area contributed by atoms with Gasteiger partial charge in [0, 0.05) is 26.3 Å². The highest BCUT2D eigenvalue weighted by Crippen LogP contribution is 2.12. The van der Waals surface area contributed by atoms with Crippen LogP contribution >= 0.6 is 0 Å². The highest BCUT2D eigenvalue weighted by atomic mass is 16.2. The summed E-state index contributed by atoms with van der Waals surface area (Å²) in [6.07, 6.45) is 1.58. The minimum Gasteiger partial charge on any atom is -0.378 e. The Morgan fingerprint density at radius 3 is 2.55 bits per heavy atom. The lowest BCUT2D eigenvalue weighted by Crippen LogP contribution is -2.28. The van der Waals surface area contributed by atoms with Crippen LogP contribution in [0.5, 0.6) is 0 Å². The molecule has 0 spiro atoms. The first-order chi connectivity index (χ1) is 9.56. The molecule has 20 heavy (non-hydrogen) atoms. The van der Waals surface area contributed by atoms with Crippen molar-refractivity contribution < 1.29 is 4.79 Å². The van der Waals surface area contributed by atoms with Crippen molar-refractivity contribution in [1.82, 2.24) is 15.5 Å². The predicted octanol–water partition coefficient (Wildman–Crippen LogP) is 2.11. The number of aromatic amines is 1. The van der Waals surface area contributed by atoms with Gasteiger partial charge in [-0.25, -0.2) is 4.79 Å². The van der Waals surface area contributed by atoms with Gasteiger partial charge >= 0.3 is 6.03 Å². The van der Waals surface area contributed by atoms with Gasteiger partial charge in [-0.15, -0.1) is 0 Å². The SMILES string of the molecule is Cc1[nH]ncc1NC(=O)NCc1ccc(N(C)C)cc1. The number of urea groups is 1. The third kappa shape index (κ3) is 3.50. The molecule has 0 aliphatic heterocycles. The Kier molecular flexibility index (Phi) is 4.24. The van der Waals surface area contributed by atoms with Gasteiger partial charge in [0.05, 0.1) is 17.6 Å². The van der Waals surface area contributed by atoms with Crippen LogP contribution in [0.15, 0.2) is 30.5 Å². The molecule has 1 heterocycles. The van der Waals surface area contributed by atoms with E-state index in [1.54, 1.807) is 6.20 Å². The Bertz CT molecular complexity index is 574. The monoisotopic (exact) mass is 273 g/mol. The fourth-order valence-electron chi connectivity index (χ4n) is 1.74. The van der Waals surface area contributed by atoms with Gasteiger partial charge in [-0.1, -0.05) is 12.1 Å². The van der Waals surface area contributed by atoms with Crippen molar-refractivity contribution in [3.8, 4) is 0 Å². The van der Waals surface area contributed by atoms with E-state index in [0.29, 0.717) is 12.2 Å².